The molecule has 1 amide bonds. The lowest BCUT2D eigenvalue weighted by atomic mass is 10.1. The molecule has 0 spiro atoms. The average Bonchev–Trinajstić information content (AvgIpc) is 2.28. The predicted octanol–water partition coefficient (Wildman–Crippen LogP) is 2.19. The van der Waals surface area contributed by atoms with Crippen LogP contribution in [0.1, 0.15) is 26.3 Å². The number of benzene rings is 1. The standard InChI is InChI=1S/C14H22N2O2/c1-10(2)15-8-7-12-5-6-14(18-4)13(9-12)16-11(3)17/h5-6,9-10,15H,7-8H2,1-4H3,(H,16,17). The van der Waals surface area contributed by atoms with Crippen LogP contribution in [-0.2, 0) is 11.2 Å². The van der Waals surface area contributed by atoms with Crippen LogP contribution in [0.4, 0.5) is 5.69 Å². The van der Waals surface area contributed by atoms with Crippen LogP contribution in [0.2, 0.25) is 0 Å². The number of anilines is 1. The highest BCUT2D eigenvalue weighted by molar-refractivity contribution is 5.90. The number of ether oxygens (including phenoxy) is 1. The van der Waals surface area contributed by atoms with Crippen molar-refractivity contribution in [1.82, 2.24) is 5.32 Å². The van der Waals surface area contributed by atoms with Gasteiger partial charge < -0.3 is 15.4 Å². The van der Waals surface area contributed by atoms with Crippen LogP contribution < -0.4 is 15.4 Å². The molecule has 2 N–H and O–H groups in total. The predicted molar refractivity (Wildman–Crippen MR) is 74.1 cm³/mol. The maximum atomic E-state index is 11.1. The fraction of sp³-hybridized carbons (Fsp3) is 0.500. The highest BCUT2D eigenvalue weighted by atomic mass is 16.5. The van der Waals surface area contributed by atoms with E-state index in [9.17, 15) is 4.79 Å². The van der Waals surface area contributed by atoms with Gasteiger partial charge in [0.05, 0.1) is 12.8 Å². The van der Waals surface area contributed by atoms with Crippen LogP contribution in [0.3, 0.4) is 0 Å². The first-order chi connectivity index (χ1) is 8.52. The molecule has 0 aliphatic carbocycles. The lowest BCUT2D eigenvalue weighted by molar-refractivity contribution is -0.114. The third kappa shape index (κ3) is 4.75. The number of hydrogen-bond acceptors (Lipinski definition) is 3. The highest BCUT2D eigenvalue weighted by Crippen LogP contribution is 2.25. The van der Waals surface area contributed by atoms with Crippen molar-refractivity contribution in [3.63, 3.8) is 0 Å². The van der Waals surface area contributed by atoms with E-state index in [1.807, 2.05) is 18.2 Å². The zero-order valence-electron chi connectivity index (χ0n) is 11.5. The Morgan fingerprint density at radius 2 is 2.11 bits per heavy atom. The van der Waals surface area contributed by atoms with Crippen LogP contribution >= 0.6 is 0 Å². The molecule has 0 aliphatic rings. The van der Waals surface area contributed by atoms with Gasteiger partial charge in [-0.2, -0.15) is 0 Å². The van der Waals surface area contributed by atoms with Crippen molar-refractivity contribution < 1.29 is 9.53 Å². The van der Waals surface area contributed by atoms with Crippen LogP contribution in [0.15, 0.2) is 18.2 Å². The summed E-state index contributed by atoms with van der Waals surface area (Å²) in [5.41, 5.74) is 1.90. The number of hydrogen-bond donors (Lipinski definition) is 2. The fourth-order valence-corrected chi connectivity index (χ4v) is 1.70. The van der Waals surface area contributed by atoms with E-state index in [2.05, 4.69) is 24.5 Å². The van der Waals surface area contributed by atoms with Crippen molar-refractivity contribution in [2.24, 2.45) is 0 Å². The van der Waals surface area contributed by atoms with Crippen LogP contribution in [0.25, 0.3) is 0 Å². The van der Waals surface area contributed by atoms with Gasteiger partial charge in [0, 0.05) is 13.0 Å². The average molecular weight is 250 g/mol. The van der Waals surface area contributed by atoms with Crippen molar-refractivity contribution >= 4 is 11.6 Å². The fourth-order valence-electron chi connectivity index (χ4n) is 1.70. The summed E-state index contributed by atoms with van der Waals surface area (Å²) in [4.78, 5) is 11.1. The van der Waals surface area contributed by atoms with E-state index < -0.39 is 0 Å². The first-order valence-corrected chi connectivity index (χ1v) is 6.21. The summed E-state index contributed by atoms with van der Waals surface area (Å²) >= 11 is 0. The lowest BCUT2D eigenvalue weighted by Crippen LogP contribution is -2.24. The Morgan fingerprint density at radius 1 is 1.39 bits per heavy atom. The Bertz CT molecular complexity index is 403. The molecule has 0 heterocycles. The van der Waals surface area contributed by atoms with Crippen molar-refractivity contribution in [1.29, 1.82) is 0 Å². The number of methoxy groups -OCH3 is 1. The summed E-state index contributed by atoms with van der Waals surface area (Å²) in [6, 6.07) is 6.35. The summed E-state index contributed by atoms with van der Waals surface area (Å²) in [7, 11) is 1.60. The molecule has 1 aromatic carbocycles. The maximum absolute atomic E-state index is 11.1. The van der Waals surface area contributed by atoms with Gasteiger partial charge in [0.25, 0.3) is 0 Å². The number of carbonyl (C=O) groups excluding carboxylic acids is 1. The number of amides is 1. The van der Waals surface area contributed by atoms with Crippen molar-refractivity contribution in [3.8, 4) is 5.75 Å². The maximum Gasteiger partial charge on any atom is 0.221 e. The molecule has 0 aliphatic heterocycles. The van der Waals surface area contributed by atoms with Gasteiger partial charge in [0.15, 0.2) is 0 Å². The number of rotatable bonds is 6. The van der Waals surface area contributed by atoms with Crippen LogP contribution in [-0.4, -0.2) is 25.6 Å². The quantitative estimate of drug-likeness (QED) is 0.813. The second-order valence-electron chi connectivity index (χ2n) is 4.57. The molecular weight excluding hydrogens is 228 g/mol. The van der Waals surface area contributed by atoms with E-state index in [0.717, 1.165) is 18.7 Å². The SMILES string of the molecule is COc1ccc(CCNC(C)C)cc1NC(C)=O. The van der Waals surface area contributed by atoms with Crippen molar-refractivity contribution in [2.75, 3.05) is 19.0 Å². The Morgan fingerprint density at radius 3 is 2.67 bits per heavy atom. The van der Waals surface area contributed by atoms with Gasteiger partial charge in [-0.05, 0) is 30.7 Å². The third-order valence-electron chi connectivity index (χ3n) is 2.54. The summed E-state index contributed by atoms with van der Waals surface area (Å²) in [5.74, 6) is 0.594. The topological polar surface area (TPSA) is 50.4 Å². The molecule has 0 unspecified atom stereocenters. The largest absolute Gasteiger partial charge is 0.495 e. The summed E-state index contributed by atoms with van der Waals surface area (Å²) in [5, 5.41) is 6.14. The Kier molecular flexibility index (Phi) is 5.65. The zero-order valence-corrected chi connectivity index (χ0v) is 11.5. The van der Waals surface area contributed by atoms with Crippen LogP contribution in [0, 0.1) is 0 Å². The number of carbonyl (C=O) groups is 1. The van der Waals surface area contributed by atoms with E-state index in [1.54, 1.807) is 7.11 Å². The van der Waals surface area contributed by atoms with Gasteiger partial charge in [-0.15, -0.1) is 0 Å². The summed E-state index contributed by atoms with van der Waals surface area (Å²) in [6.07, 6.45) is 0.925. The van der Waals surface area contributed by atoms with Crippen molar-refractivity contribution in [2.45, 2.75) is 33.2 Å². The number of nitrogens with one attached hydrogen (secondary N) is 2. The molecule has 100 valence electrons. The molecule has 0 radical (unpaired) electrons. The van der Waals surface area contributed by atoms with Gasteiger partial charge in [0.1, 0.15) is 5.75 Å². The normalized spacial score (nSPS) is 10.5. The third-order valence-corrected chi connectivity index (χ3v) is 2.54. The molecule has 0 saturated carbocycles. The smallest absolute Gasteiger partial charge is 0.221 e. The molecule has 0 bridgehead atoms. The zero-order chi connectivity index (χ0) is 13.5. The highest BCUT2D eigenvalue weighted by Gasteiger charge is 2.06. The molecule has 1 aromatic rings. The van der Waals surface area contributed by atoms with E-state index in [0.29, 0.717) is 11.8 Å². The minimum atomic E-state index is -0.0919. The molecule has 4 nitrogen and oxygen atoms in total. The van der Waals surface area contributed by atoms with Gasteiger partial charge in [-0.1, -0.05) is 19.9 Å². The Labute approximate surface area is 109 Å². The summed E-state index contributed by atoms with van der Waals surface area (Å²) < 4.78 is 5.21. The molecule has 0 atom stereocenters. The molecular formula is C14H22N2O2. The summed E-state index contributed by atoms with van der Waals surface area (Å²) in [6.45, 7) is 6.66. The monoisotopic (exact) mass is 250 g/mol. The molecule has 18 heavy (non-hydrogen) atoms. The van der Waals surface area contributed by atoms with Gasteiger partial charge >= 0.3 is 0 Å². The van der Waals surface area contributed by atoms with Crippen molar-refractivity contribution in [3.05, 3.63) is 23.8 Å². The van der Waals surface area contributed by atoms with Gasteiger partial charge in [0.2, 0.25) is 5.91 Å². The van der Waals surface area contributed by atoms with E-state index in [-0.39, 0.29) is 5.91 Å². The molecule has 0 aromatic heterocycles. The minimum Gasteiger partial charge on any atom is -0.495 e. The Hall–Kier alpha value is -1.55. The first-order valence-electron chi connectivity index (χ1n) is 6.21. The second kappa shape index (κ2) is 7.01. The molecule has 4 heteroatoms. The Balaban J connectivity index is 2.72. The second-order valence-corrected chi connectivity index (χ2v) is 4.57. The molecule has 0 saturated heterocycles. The van der Waals surface area contributed by atoms with E-state index in [4.69, 9.17) is 4.74 Å². The van der Waals surface area contributed by atoms with E-state index >= 15 is 0 Å². The lowest BCUT2D eigenvalue weighted by Gasteiger charge is -2.12. The minimum absolute atomic E-state index is 0.0919. The molecule has 1 rings (SSSR count). The van der Waals surface area contributed by atoms with Gasteiger partial charge in [-0.25, -0.2) is 0 Å². The van der Waals surface area contributed by atoms with Gasteiger partial charge in [-0.3, -0.25) is 4.79 Å². The van der Waals surface area contributed by atoms with E-state index in [1.165, 1.54) is 12.5 Å². The molecule has 0 fully saturated rings. The van der Waals surface area contributed by atoms with Crippen LogP contribution in [0.5, 0.6) is 5.75 Å². The first kappa shape index (κ1) is 14.5.